The number of rotatable bonds is 2. The summed E-state index contributed by atoms with van der Waals surface area (Å²) in [5.41, 5.74) is 10.9. The number of aromatic nitrogens is 1. The highest BCUT2D eigenvalue weighted by molar-refractivity contribution is 7.13. The third-order valence-corrected chi connectivity index (χ3v) is 4.05. The van der Waals surface area contributed by atoms with Gasteiger partial charge in [0.2, 0.25) is 5.91 Å². The molecular formula is C14H15N3OS. The molecule has 98 valence electrons. The van der Waals surface area contributed by atoms with Gasteiger partial charge in [0.05, 0.1) is 11.4 Å². The molecule has 0 fully saturated rings. The maximum absolute atomic E-state index is 11.6. The van der Waals surface area contributed by atoms with Gasteiger partial charge in [-0.2, -0.15) is 0 Å². The molecule has 2 heterocycles. The normalized spacial score (nSPS) is 14.1. The number of nitrogens with two attached hydrogens (primary N) is 1. The number of carbonyl (C=O) groups is 1. The Kier molecular flexibility index (Phi) is 2.98. The molecule has 4 nitrogen and oxygen atoms in total. The highest BCUT2D eigenvalue weighted by atomic mass is 32.1. The highest BCUT2D eigenvalue weighted by Gasteiger charge is 2.20. The van der Waals surface area contributed by atoms with E-state index in [-0.39, 0.29) is 5.91 Å². The molecule has 0 radical (unpaired) electrons. The molecule has 0 bridgehead atoms. The topological polar surface area (TPSA) is 68.0 Å². The van der Waals surface area contributed by atoms with Gasteiger partial charge in [0.15, 0.2) is 5.13 Å². The van der Waals surface area contributed by atoms with Crippen LogP contribution in [0.25, 0.3) is 11.3 Å². The van der Waals surface area contributed by atoms with Gasteiger partial charge in [-0.05, 0) is 30.0 Å². The quantitative estimate of drug-likeness (QED) is 0.884. The average molecular weight is 273 g/mol. The summed E-state index contributed by atoms with van der Waals surface area (Å²) < 4.78 is 0. The van der Waals surface area contributed by atoms with Crippen LogP contribution >= 0.6 is 11.3 Å². The number of hydrogen-bond donors (Lipinski definition) is 2. The van der Waals surface area contributed by atoms with Crippen LogP contribution in [0.15, 0.2) is 17.5 Å². The molecule has 1 amide bonds. The fraction of sp³-hybridized carbons (Fsp3) is 0.286. The Labute approximate surface area is 115 Å². The molecule has 5 heteroatoms. The van der Waals surface area contributed by atoms with E-state index in [9.17, 15) is 4.79 Å². The Hall–Kier alpha value is -1.88. The number of hydrogen-bond acceptors (Lipinski definition) is 4. The standard InChI is InChI=1S/C14H15N3OS/c1-2-8-5-9-3-4-12(18)17-13(9)10(6-8)11-7-19-14(15)16-11/h5-7H,2-4H2,1H3,(H2,15,16)(H,17,18). The molecule has 0 atom stereocenters. The van der Waals surface area contributed by atoms with Gasteiger partial charge in [-0.15, -0.1) is 11.3 Å². The minimum absolute atomic E-state index is 0.0706. The number of nitrogens with zero attached hydrogens (tertiary/aromatic N) is 1. The summed E-state index contributed by atoms with van der Waals surface area (Å²) in [6.45, 7) is 2.13. The highest BCUT2D eigenvalue weighted by Crippen LogP contribution is 2.36. The van der Waals surface area contributed by atoms with E-state index in [1.807, 2.05) is 5.38 Å². The zero-order chi connectivity index (χ0) is 13.4. The van der Waals surface area contributed by atoms with Gasteiger partial charge in [0.1, 0.15) is 0 Å². The Morgan fingerprint density at radius 2 is 2.26 bits per heavy atom. The number of amides is 1. The Morgan fingerprint density at radius 1 is 1.42 bits per heavy atom. The van der Waals surface area contributed by atoms with Crippen molar-refractivity contribution in [3.63, 3.8) is 0 Å². The van der Waals surface area contributed by atoms with E-state index in [2.05, 4.69) is 29.4 Å². The molecule has 1 aromatic heterocycles. The van der Waals surface area contributed by atoms with Crippen LogP contribution in [-0.2, 0) is 17.6 Å². The summed E-state index contributed by atoms with van der Waals surface area (Å²) in [5, 5.41) is 5.46. The van der Waals surface area contributed by atoms with Crippen molar-refractivity contribution < 1.29 is 4.79 Å². The van der Waals surface area contributed by atoms with Gasteiger partial charge in [0, 0.05) is 17.4 Å². The third-order valence-electron chi connectivity index (χ3n) is 3.37. The second-order valence-electron chi connectivity index (χ2n) is 4.65. The number of nitrogen functional groups attached to an aromatic ring is 1. The van der Waals surface area contributed by atoms with Crippen LogP contribution in [0.1, 0.15) is 24.5 Å². The van der Waals surface area contributed by atoms with Gasteiger partial charge in [-0.25, -0.2) is 4.98 Å². The number of thiazole rings is 1. The largest absolute Gasteiger partial charge is 0.375 e. The minimum atomic E-state index is 0.0706. The number of aryl methyl sites for hydroxylation is 2. The van der Waals surface area contributed by atoms with Crippen LogP contribution in [-0.4, -0.2) is 10.9 Å². The van der Waals surface area contributed by atoms with E-state index in [1.165, 1.54) is 22.5 Å². The zero-order valence-electron chi connectivity index (χ0n) is 10.7. The number of benzene rings is 1. The molecule has 19 heavy (non-hydrogen) atoms. The van der Waals surface area contributed by atoms with Crippen molar-refractivity contribution in [2.75, 3.05) is 11.1 Å². The molecule has 2 aromatic rings. The van der Waals surface area contributed by atoms with Crippen molar-refractivity contribution in [3.8, 4) is 11.3 Å². The predicted octanol–water partition coefficient (Wildman–Crippen LogP) is 2.84. The summed E-state index contributed by atoms with van der Waals surface area (Å²) in [4.78, 5) is 15.9. The molecule has 1 aliphatic rings. The molecule has 1 aromatic carbocycles. The van der Waals surface area contributed by atoms with Crippen molar-refractivity contribution in [3.05, 3.63) is 28.6 Å². The molecule has 0 spiro atoms. The van der Waals surface area contributed by atoms with Crippen LogP contribution in [0.4, 0.5) is 10.8 Å². The van der Waals surface area contributed by atoms with Crippen molar-refractivity contribution in [1.82, 2.24) is 4.98 Å². The van der Waals surface area contributed by atoms with Crippen LogP contribution in [0.3, 0.4) is 0 Å². The first-order chi connectivity index (χ1) is 9.17. The Balaban J connectivity index is 2.18. The summed E-state index contributed by atoms with van der Waals surface area (Å²) in [6, 6.07) is 4.27. The number of carbonyl (C=O) groups excluding carboxylic acids is 1. The lowest BCUT2D eigenvalue weighted by molar-refractivity contribution is -0.116. The van der Waals surface area contributed by atoms with E-state index < -0.39 is 0 Å². The SMILES string of the molecule is CCc1cc2c(c(-c3csc(N)n3)c1)NC(=O)CC2. The summed E-state index contributed by atoms with van der Waals surface area (Å²) in [5.74, 6) is 0.0706. The lowest BCUT2D eigenvalue weighted by atomic mass is 9.94. The van der Waals surface area contributed by atoms with Gasteiger partial charge < -0.3 is 11.1 Å². The molecule has 0 saturated carbocycles. The number of anilines is 2. The predicted molar refractivity (Wildman–Crippen MR) is 78.3 cm³/mol. The smallest absolute Gasteiger partial charge is 0.224 e. The van der Waals surface area contributed by atoms with Crippen LogP contribution < -0.4 is 11.1 Å². The summed E-state index contributed by atoms with van der Waals surface area (Å²) in [6.07, 6.45) is 2.31. The first-order valence-electron chi connectivity index (χ1n) is 6.34. The van der Waals surface area contributed by atoms with E-state index in [4.69, 9.17) is 5.73 Å². The van der Waals surface area contributed by atoms with Crippen molar-refractivity contribution in [2.45, 2.75) is 26.2 Å². The lowest BCUT2D eigenvalue weighted by Crippen LogP contribution is -2.20. The molecular weight excluding hydrogens is 258 g/mol. The summed E-state index contributed by atoms with van der Waals surface area (Å²) >= 11 is 1.42. The van der Waals surface area contributed by atoms with Gasteiger partial charge in [-0.3, -0.25) is 4.79 Å². The van der Waals surface area contributed by atoms with Crippen LogP contribution in [0, 0.1) is 0 Å². The Bertz CT molecular complexity index is 648. The first kappa shape index (κ1) is 12.2. The first-order valence-corrected chi connectivity index (χ1v) is 7.22. The fourth-order valence-electron chi connectivity index (χ4n) is 2.38. The zero-order valence-corrected chi connectivity index (χ0v) is 11.5. The van der Waals surface area contributed by atoms with Crippen molar-refractivity contribution in [2.24, 2.45) is 0 Å². The number of fused-ring (bicyclic) bond motifs is 1. The third kappa shape index (κ3) is 2.21. The maximum Gasteiger partial charge on any atom is 0.224 e. The molecule has 3 rings (SSSR count). The van der Waals surface area contributed by atoms with Gasteiger partial charge in [-0.1, -0.05) is 13.0 Å². The van der Waals surface area contributed by atoms with E-state index >= 15 is 0 Å². The van der Waals surface area contributed by atoms with E-state index in [0.717, 1.165) is 29.8 Å². The molecule has 0 aliphatic carbocycles. The molecule has 3 N–H and O–H groups in total. The fourth-order valence-corrected chi connectivity index (χ4v) is 2.94. The van der Waals surface area contributed by atoms with Crippen molar-refractivity contribution >= 4 is 28.1 Å². The second-order valence-corrected chi connectivity index (χ2v) is 5.54. The van der Waals surface area contributed by atoms with Crippen LogP contribution in [0.2, 0.25) is 0 Å². The van der Waals surface area contributed by atoms with Gasteiger partial charge >= 0.3 is 0 Å². The Morgan fingerprint density at radius 3 is 2.95 bits per heavy atom. The average Bonchev–Trinajstić information content (AvgIpc) is 2.84. The maximum atomic E-state index is 11.6. The molecule has 0 saturated heterocycles. The summed E-state index contributed by atoms with van der Waals surface area (Å²) in [7, 11) is 0. The second kappa shape index (κ2) is 4.66. The number of nitrogens with one attached hydrogen (secondary N) is 1. The molecule has 1 aliphatic heterocycles. The van der Waals surface area contributed by atoms with Gasteiger partial charge in [0.25, 0.3) is 0 Å². The molecule has 0 unspecified atom stereocenters. The van der Waals surface area contributed by atoms with Crippen molar-refractivity contribution in [1.29, 1.82) is 0 Å². The monoisotopic (exact) mass is 273 g/mol. The van der Waals surface area contributed by atoms with E-state index in [1.54, 1.807) is 0 Å². The van der Waals surface area contributed by atoms with E-state index in [0.29, 0.717) is 11.6 Å². The lowest BCUT2D eigenvalue weighted by Gasteiger charge is -2.21. The minimum Gasteiger partial charge on any atom is -0.375 e. The van der Waals surface area contributed by atoms with Crippen LogP contribution in [0.5, 0.6) is 0 Å².